The fourth-order valence-electron chi connectivity index (χ4n) is 15.0. The third kappa shape index (κ3) is 12.4. The van der Waals surface area contributed by atoms with Crippen molar-refractivity contribution in [2.75, 3.05) is 13.7 Å². The van der Waals surface area contributed by atoms with Crippen molar-refractivity contribution < 1.29 is 56.6 Å². The van der Waals surface area contributed by atoms with E-state index < -0.39 is 49.1 Å². The van der Waals surface area contributed by atoms with Gasteiger partial charge in [-0.05, 0) is 116 Å². The molecule has 0 aromatic carbocycles. The minimum Gasteiger partial charge on any atom is -0.414 e. The minimum absolute atomic E-state index is 0.0230. The van der Waals surface area contributed by atoms with Gasteiger partial charge < -0.3 is 56.6 Å². The van der Waals surface area contributed by atoms with Crippen LogP contribution in [0.5, 0.6) is 0 Å². The number of hydrogen-bond donors (Lipinski definition) is 2. The first kappa shape index (κ1) is 58.5. The number of methoxy groups -OCH3 is 1. The number of ether oxygens (including phenoxy) is 7. The van der Waals surface area contributed by atoms with Crippen LogP contribution < -0.4 is 0 Å². The Balaban J connectivity index is 1.08. The van der Waals surface area contributed by atoms with Crippen LogP contribution in [0.2, 0.25) is 54.4 Å². The maximum absolute atomic E-state index is 12.1. The zero-order chi connectivity index (χ0) is 52.5. The van der Waals surface area contributed by atoms with Crippen molar-refractivity contribution in [3.8, 4) is 0 Å². The molecular weight excluding hydrogens is 973 g/mol. The molecule has 2 N–H and O–H groups in total. The molecule has 12 nitrogen and oxygen atoms in total. The molecule has 1 spiro atoms. The summed E-state index contributed by atoms with van der Waals surface area (Å²) < 4.78 is 70.9. The third-order valence-corrected chi connectivity index (χ3v) is 34.6. The summed E-state index contributed by atoms with van der Waals surface area (Å²) in [5, 5.41) is 23.8. The molecule has 9 aliphatic rings. The normalized spacial score (nSPS) is 42.2. The van der Waals surface area contributed by atoms with Gasteiger partial charge in [-0.15, -0.1) is 0 Å². The molecule has 8 heterocycles. The summed E-state index contributed by atoms with van der Waals surface area (Å²) in [6.45, 7) is 32.8. The quantitative estimate of drug-likeness (QED) is 0.0942. The Morgan fingerprint density at radius 1 is 0.644 bits per heavy atom. The van der Waals surface area contributed by atoms with Gasteiger partial charge in [-0.3, -0.25) is 0 Å². The van der Waals surface area contributed by atoms with Gasteiger partial charge in [-0.25, -0.2) is 0 Å². The lowest BCUT2D eigenvalue weighted by atomic mass is 9.81. The van der Waals surface area contributed by atoms with E-state index in [1.807, 2.05) is 7.11 Å². The van der Waals surface area contributed by atoms with E-state index in [1.165, 1.54) is 5.57 Å². The molecule has 15 heteroatoms. The highest BCUT2D eigenvalue weighted by atomic mass is 28.4. The Morgan fingerprint density at radius 3 is 1.95 bits per heavy atom. The molecule has 9 rings (SSSR count). The number of hydrogen-bond acceptors (Lipinski definition) is 12. The van der Waals surface area contributed by atoms with Crippen LogP contribution in [0, 0.1) is 23.7 Å². The molecular formula is C58H102O12Si3. The highest BCUT2D eigenvalue weighted by Gasteiger charge is 2.66. The molecule has 1 aliphatic carbocycles. The lowest BCUT2D eigenvalue weighted by Crippen LogP contribution is -2.58. The van der Waals surface area contributed by atoms with Crippen molar-refractivity contribution in [3.63, 3.8) is 0 Å². The van der Waals surface area contributed by atoms with Gasteiger partial charge in [0.25, 0.3) is 0 Å². The fraction of sp³-hybridized carbons (Fsp3) is 0.897. The van der Waals surface area contributed by atoms with Gasteiger partial charge >= 0.3 is 0 Å². The highest BCUT2D eigenvalue weighted by Crippen LogP contribution is 2.61. The second-order valence-corrected chi connectivity index (χ2v) is 38.4. The first-order chi connectivity index (χ1) is 35.0. The molecule has 0 aromatic heterocycles. The van der Waals surface area contributed by atoms with E-state index in [1.54, 1.807) is 0 Å². The van der Waals surface area contributed by atoms with Crippen molar-refractivity contribution >= 4 is 25.0 Å². The molecule has 6 saturated heterocycles. The molecule has 1 saturated carbocycles. The maximum atomic E-state index is 12.1. The van der Waals surface area contributed by atoms with Crippen molar-refractivity contribution in [2.24, 2.45) is 23.7 Å². The van der Waals surface area contributed by atoms with Crippen molar-refractivity contribution in [2.45, 2.75) is 292 Å². The van der Waals surface area contributed by atoms with Crippen LogP contribution in [-0.4, -0.2) is 146 Å². The Hall–Kier alpha value is -0.609. The summed E-state index contributed by atoms with van der Waals surface area (Å²) in [5.74, 6) is -0.259. The largest absolute Gasteiger partial charge is 0.414 e. The van der Waals surface area contributed by atoms with Gasteiger partial charge in [-0.2, -0.15) is 0 Å². The fourth-order valence-corrected chi connectivity index (χ4v) is 23.4. The summed E-state index contributed by atoms with van der Waals surface area (Å²) in [5.41, 5.74) is 2.29. The third-order valence-electron chi connectivity index (χ3n) is 20.6. The van der Waals surface area contributed by atoms with Crippen LogP contribution >= 0.6 is 0 Å². The average Bonchev–Trinajstić information content (AvgIpc) is 3.62. The van der Waals surface area contributed by atoms with Gasteiger partial charge in [0, 0.05) is 51.0 Å². The molecule has 20 atom stereocenters. The summed E-state index contributed by atoms with van der Waals surface area (Å²) >= 11 is 0. The summed E-state index contributed by atoms with van der Waals surface area (Å²) in [4.78, 5) is 0. The SMILES string of the molecule is C=C1C(C)CC2CC[C@@H]3OC4C(C[C@]56CC(O)C(O5)[C@H]5CC(O6)C(O[Si](CC)(CC)CC)C(C/C=C/CC(O)CC6C(CC1O2)O[C@H](CC(CO[Si](CC)(CC)CC)O[Si](CC)(CC)CC)[C@@H]6OC)O5)C4C3=C. The Bertz CT molecular complexity index is 1820. The highest BCUT2D eigenvalue weighted by molar-refractivity contribution is 6.74. The van der Waals surface area contributed by atoms with Crippen LogP contribution in [0.15, 0.2) is 36.5 Å². The molecule has 73 heavy (non-hydrogen) atoms. The molecule has 7 fully saturated rings. The van der Waals surface area contributed by atoms with Crippen molar-refractivity contribution in [1.82, 2.24) is 0 Å². The number of aliphatic hydroxyl groups excluding tert-OH is 2. The Labute approximate surface area is 445 Å². The summed E-state index contributed by atoms with van der Waals surface area (Å²) in [6.07, 6.45) is 7.75. The first-order valence-electron chi connectivity index (χ1n) is 29.9. The van der Waals surface area contributed by atoms with E-state index in [-0.39, 0.29) is 91.0 Å². The van der Waals surface area contributed by atoms with E-state index in [4.69, 9.17) is 46.4 Å². The van der Waals surface area contributed by atoms with Crippen LogP contribution in [-0.2, 0) is 46.4 Å². The molecule has 0 amide bonds. The van der Waals surface area contributed by atoms with E-state index in [0.29, 0.717) is 63.9 Å². The first-order valence-corrected chi connectivity index (χ1v) is 37.5. The monoisotopic (exact) mass is 1070 g/mol. The molecule has 0 aromatic rings. The van der Waals surface area contributed by atoms with Gasteiger partial charge in [0.15, 0.2) is 30.7 Å². The van der Waals surface area contributed by atoms with Crippen LogP contribution in [0.4, 0.5) is 0 Å². The minimum atomic E-state index is -2.11. The number of fused-ring (bicyclic) bond motifs is 8. The van der Waals surface area contributed by atoms with Gasteiger partial charge in [0.1, 0.15) is 6.10 Å². The predicted octanol–water partition coefficient (Wildman–Crippen LogP) is 11.6. The number of aliphatic hydroxyl groups is 2. The van der Waals surface area contributed by atoms with E-state index >= 15 is 0 Å². The second kappa shape index (κ2) is 24.8. The second-order valence-electron chi connectivity index (χ2n) is 24.2. The summed E-state index contributed by atoms with van der Waals surface area (Å²) in [6, 6.07) is 9.52. The Kier molecular flexibility index (Phi) is 19.9. The van der Waals surface area contributed by atoms with Gasteiger partial charge in [0.05, 0.1) is 92.1 Å². The van der Waals surface area contributed by atoms with E-state index in [2.05, 4.69) is 94.5 Å². The Morgan fingerprint density at radius 2 is 1.32 bits per heavy atom. The topological polar surface area (TPSA) is 133 Å². The lowest BCUT2D eigenvalue weighted by Gasteiger charge is -2.47. The van der Waals surface area contributed by atoms with Crippen LogP contribution in [0.3, 0.4) is 0 Å². The van der Waals surface area contributed by atoms with Crippen molar-refractivity contribution in [3.05, 3.63) is 36.5 Å². The van der Waals surface area contributed by atoms with E-state index in [0.717, 1.165) is 79.2 Å². The molecule has 0 radical (unpaired) electrons. The van der Waals surface area contributed by atoms with Gasteiger partial charge in [-0.1, -0.05) is 94.5 Å². The number of rotatable bonds is 19. The summed E-state index contributed by atoms with van der Waals surface area (Å²) in [7, 11) is -4.22. The molecule has 418 valence electrons. The maximum Gasteiger partial charge on any atom is 0.192 e. The lowest BCUT2D eigenvalue weighted by molar-refractivity contribution is -0.257. The molecule has 15 unspecified atom stereocenters. The predicted molar refractivity (Wildman–Crippen MR) is 295 cm³/mol. The average molecular weight is 1080 g/mol. The van der Waals surface area contributed by atoms with Crippen molar-refractivity contribution in [1.29, 1.82) is 0 Å². The smallest absolute Gasteiger partial charge is 0.192 e. The van der Waals surface area contributed by atoms with Gasteiger partial charge in [0.2, 0.25) is 0 Å². The van der Waals surface area contributed by atoms with Crippen LogP contribution in [0.1, 0.15) is 140 Å². The standard InChI is InChI=1S/C58H102O12Si3/c1-14-71(15-2,16-3)62-36-42(69-72(17-4,18-5)19-6)31-50-54(61-13)43-30-40(59)25-23-24-26-47-57(70-73(20-7,21-8)22-9)52-33-51(64-47)56-45(60)35-58(67-52,68-56)34-44-53-39(12)46(66-55(44)53)28-27-41-29-37(10)38(11)48(63-41)32-49(43)65-50/h23-24,37,40-57,59-60H,11-12,14-22,25-36H2,1-10,13H3/b24-23+/t37?,40?,41?,42?,43?,44?,45?,46-,47?,48?,49?,50+,51+,52?,53?,54+,55?,56?,57?,58+/m0/s1. The molecule has 8 aliphatic heterocycles. The van der Waals surface area contributed by atoms with Crippen LogP contribution in [0.25, 0.3) is 0 Å². The van der Waals surface area contributed by atoms with E-state index in [9.17, 15) is 10.2 Å². The zero-order valence-corrected chi connectivity index (χ0v) is 50.4. The molecule has 11 bridgehead atoms. The zero-order valence-electron chi connectivity index (χ0n) is 47.4.